The lowest BCUT2D eigenvalue weighted by Crippen LogP contribution is -2.53. The second-order valence-corrected chi connectivity index (χ2v) is 14.8. The Morgan fingerprint density at radius 2 is 0.896 bits per heavy atom. The van der Waals surface area contributed by atoms with Crippen LogP contribution >= 0.6 is 0 Å². The van der Waals surface area contributed by atoms with Gasteiger partial charge < -0.3 is 24.3 Å². The van der Waals surface area contributed by atoms with Crippen LogP contribution < -0.4 is 0 Å². The molecule has 7 nitrogen and oxygen atoms in total. The number of aliphatic hydroxyl groups excluding tert-OH is 2. The van der Waals surface area contributed by atoms with Gasteiger partial charge in [0.05, 0.1) is 33.4 Å². The molecule has 48 heavy (non-hydrogen) atoms. The summed E-state index contributed by atoms with van der Waals surface area (Å²) in [5.74, 6) is -0.0320. The molecule has 0 aliphatic heterocycles. The Kier molecular flexibility index (Phi) is 34.8. The summed E-state index contributed by atoms with van der Waals surface area (Å²) in [6.07, 6.45) is 34.3. The van der Waals surface area contributed by atoms with Crippen molar-refractivity contribution in [3.8, 4) is 0 Å². The molecule has 0 aliphatic rings. The van der Waals surface area contributed by atoms with E-state index in [1.807, 2.05) is 7.05 Å². The van der Waals surface area contributed by atoms with Crippen molar-refractivity contribution in [2.24, 2.45) is 0 Å². The molecule has 0 bridgehead atoms. The average molecular weight is 684 g/mol. The van der Waals surface area contributed by atoms with Gasteiger partial charge in [-0.1, -0.05) is 168 Å². The predicted octanol–water partition coefficient (Wildman–Crippen LogP) is 9.75. The molecule has 0 aliphatic carbocycles. The Morgan fingerprint density at radius 3 is 1.29 bits per heavy atom. The molecule has 1 atom stereocenters. The number of amides is 1. The number of unbranched alkanes of at least 4 members (excludes halogenated alkanes) is 24. The van der Waals surface area contributed by atoms with Crippen LogP contribution in [0.2, 0.25) is 0 Å². The molecule has 1 unspecified atom stereocenters. The van der Waals surface area contributed by atoms with Crippen LogP contribution in [0.4, 0.5) is 0 Å². The maximum atomic E-state index is 13.0. The van der Waals surface area contributed by atoms with Crippen LogP contribution in [-0.4, -0.2) is 91.1 Å². The van der Waals surface area contributed by atoms with Crippen molar-refractivity contribution in [3.63, 3.8) is 0 Å². The van der Waals surface area contributed by atoms with E-state index in [9.17, 15) is 19.8 Å². The number of ether oxygens (including phenoxy) is 1. The van der Waals surface area contributed by atoms with E-state index in [2.05, 4.69) is 13.8 Å². The van der Waals surface area contributed by atoms with Crippen LogP contribution in [0, 0.1) is 0 Å². The van der Waals surface area contributed by atoms with Crippen molar-refractivity contribution in [1.29, 1.82) is 0 Å². The fourth-order valence-corrected chi connectivity index (χ4v) is 6.61. The number of nitrogens with zero attached hydrogens (tertiary/aromatic N) is 2. The van der Waals surface area contributed by atoms with Gasteiger partial charge in [0, 0.05) is 19.4 Å². The first kappa shape index (κ1) is 46.8. The first-order valence-electron chi connectivity index (χ1n) is 20.9. The number of hydrogen-bond donors (Lipinski definition) is 2. The summed E-state index contributed by atoms with van der Waals surface area (Å²) in [4.78, 5) is 27.1. The van der Waals surface area contributed by atoms with E-state index in [0.717, 1.165) is 25.7 Å². The van der Waals surface area contributed by atoms with E-state index < -0.39 is 0 Å². The minimum atomic E-state index is -0.136. The molecule has 0 fully saturated rings. The second-order valence-electron chi connectivity index (χ2n) is 14.8. The smallest absolute Gasteiger partial charge is 0.305 e. The highest BCUT2D eigenvalue weighted by Crippen LogP contribution is 2.15. The molecule has 0 saturated heterocycles. The van der Waals surface area contributed by atoms with Crippen LogP contribution in [0.3, 0.4) is 0 Å². The van der Waals surface area contributed by atoms with Gasteiger partial charge in [-0.25, -0.2) is 0 Å². The van der Waals surface area contributed by atoms with Gasteiger partial charge >= 0.3 is 5.97 Å². The number of hydrogen-bond acceptors (Lipinski definition) is 5. The largest absolute Gasteiger partial charge is 0.460 e. The van der Waals surface area contributed by atoms with Crippen LogP contribution in [0.25, 0.3) is 0 Å². The number of aliphatic hydroxyl groups is 2. The van der Waals surface area contributed by atoms with E-state index in [4.69, 9.17) is 4.74 Å². The SMILES string of the molecule is CCCCCCCCCCCCCCCC(=O)OCC[N+](C)(CCO)CCN(CCO)C(=O)CCCCCCCCCCCCCCC. The van der Waals surface area contributed by atoms with Gasteiger partial charge in [-0.3, -0.25) is 9.59 Å². The Hall–Kier alpha value is -1.18. The number of rotatable bonds is 38. The summed E-state index contributed by atoms with van der Waals surface area (Å²) in [5.41, 5.74) is 0. The van der Waals surface area contributed by atoms with Crippen molar-refractivity contribution in [3.05, 3.63) is 0 Å². The van der Waals surface area contributed by atoms with Gasteiger partial charge in [0.1, 0.15) is 19.7 Å². The first-order chi connectivity index (χ1) is 23.4. The molecule has 2 N–H and O–H groups in total. The molecule has 0 radical (unpaired) electrons. The highest BCUT2D eigenvalue weighted by atomic mass is 16.5. The van der Waals surface area contributed by atoms with Gasteiger partial charge in [-0.05, 0) is 12.8 Å². The minimum Gasteiger partial charge on any atom is -0.460 e. The summed E-state index contributed by atoms with van der Waals surface area (Å²) < 4.78 is 6.09. The normalized spacial score (nSPS) is 12.7. The Balaban J connectivity index is 4.07. The van der Waals surface area contributed by atoms with Crippen LogP contribution in [-0.2, 0) is 14.3 Å². The second kappa shape index (κ2) is 35.6. The molecule has 1 amide bonds. The fraction of sp³-hybridized carbons (Fsp3) is 0.951. The summed E-state index contributed by atoms with van der Waals surface area (Å²) in [6, 6.07) is 0. The third kappa shape index (κ3) is 30.8. The van der Waals surface area contributed by atoms with E-state index in [1.165, 1.54) is 141 Å². The number of quaternary nitrogens is 1. The van der Waals surface area contributed by atoms with Crippen LogP contribution in [0.5, 0.6) is 0 Å². The highest BCUT2D eigenvalue weighted by Gasteiger charge is 2.24. The highest BCUT2D eigenvalue weighted by molar-refractivity contribution is 5.76. The van der Waals surface area contributed by atoms with Crippen molar-refractivity contribution >= 4 is 11.9 Å². The lowest BCUT2D eigenvalue weighted by molar-refractivity contribution is -0.909. The molecule has 0 spiro atoms. The molecule has 7 heteroatoms. The van der Waals surface area contributed by atoms with Crippen molar-refractivity contribution < 1.29 is 29.0 Å². The number of esters is 1. The number of carbonyl (C=O) groups excluding carboxylic acids is 2. The molecule has 0 aromatic heterocycles. The zero-order valence-corrected chi connectivity index (χ0v) is 32.5. The van der Waals surface area contributed by atoms with Gasteiger partial charge in [-0.2, -0.15) is 0 Å². The zero-order chi connectivity index (χ0) is 35.4. The molecule has 0 rings (SSSR count). The monoisotopic (exact) mass is 684 g/mol. The lowest BCUT2D eigenvalue weighted by atomic mass is 10.0. The Morgan fingerprint density at radius 1 is 0.500 bits per heavy atom. The van der Waals surface area contributed by atoms with Crippen molar-refractivity contribution in [1.82, 2.24) is 4.90 Å². The third-order valence-corrected chi connectivity index (χ3v) is 10.1. The van der Waals surface area contributed by atoms with Crippen molar-refractivity contribution in [2.75, 3.05) is 59.6 Å². The summed E-state index contributed by atoms with van der Waals surface area (Å²) >= 11 is 0. The van der Waals surface area contributed by atoms with E-state index in [0.29, 0.717) is 56.7 Å². The molecule has 0 aromatic rings. The van der Waals surface area contributed by atoms with Crippen molar-refractivity contribution in [2.45, 2.75) is 194 Å². The number of carbonyl (C=O) groups is 2. The molecular weight excluding hydrogens is 600 g/mol. The standard InChI is InChI=1S/C41H83N2O5/c1-4-6-8-10-12-14-16-18-20-22-24-26-28-30-40(46)42(33-37-44)32-34-43(3,35-38-45)36-39-48-41(47)31-29-27-25-23-21-19-17-15-13-11-9-7-5-2/h44-45H,4-39H2,1-3H3/q+1. The van der Waals surface area contributed by atoms with E-state index >= 15 is 0 Å². The Bertz CT molecular complexity index is 706. The predicted molar refractivity (Wildman–Crippen MR) is 203 cm³/mol. The maximum absolute atomic E-state index is 13.0. The summed E-state index contributed by atoms with van der Waals surface area (Å²) in [7, 11) is 2.05. The van der Waals surface area contributed by atoms with Gasteiger partial charge in [0.2, 0.25) is 5.91 Å². The first-order valence-corrected chi connectivity index (χ1v) is 20.9. The zero-order valence-electron chi connectivity index (χ0n) is 32.5. The summed E-state index contributed by atoms with van der Waals surface area (Å²) in [6.45, 7) is 7.50. The maximum Gasteiger partial charge on any atom is 0.305 e. The average Bonchev–Trinajstić information content (AvgIpc) is 3.07. The molecular formula is C41H83N2O5+. The van der Waals surface area contributed by atoms with Gasteiger partial charge in [0.15, 0.2) is 0 Å². The van der Waals surface area contributed by atoms with Gasteiger partial charge in [0.25, 0.3) is 0 Å². The topological polar surface area (TPSA) is 87.1 Å². The fourth-order valence-electron chi connectivity index (χ4n) is 6.61. The van der Waals surface area contributed by atoms with Crippen LogP contribution in [0.15, 0.2) is 0 Å². The Labute approximate surface area is 298 Å². The quantitative estimate of drug-likeness (QED) is 0.0384. The summed E-state index contributed by atoms with van der Waals surface area (Å²) in [5, 5.41) is 19.3. The van der Waals surface area contributed by atoms with Gasteiger partial charge in [-0.15, -0.1) is 0 Å². The molecule has 0 heterocycles. The molecule has 0 aromatic carbocycles. The van der Waals surface area contributed by atoms with E-state index in [-0.39, 0.29) is 25.1 Å². The third-order valence-electron chi connectivity index (χ3n) is 10.1. The van der Waals surface area contributed by atoms with Crippen LogP contribution in [0.1, 0.15) is 194 Å². The molecule has 286 valence electrons. The van der Waals surface area contributed by atoms with E-state index in [1.54, 1.807) is 4.90 Å². The molecule has 0 saturated carbocycles. The lowest BCUT2D eigenvalue weighted by Gasteiger charge is -2.36. The minimum absolute atomic E-state index is 0.0380. The number of likely N-dealkylation sites (N-methyl/N-ethyl adjacent to an activating group) is 1.